The van der Waals surface area contributed by atoms with Crippen LogP contribution in [0.3, 0.4) is 0 Å². The van der Waals surface area contributed by atoms with Gasteiger partial charge in [0.25, 0.3) is 0 Å². The Morgan fingerprint density at radius 1 is 1.35 bits per heavy atom. The van der Waals surface area contributed by atoms with E-state index in [1.807, 2.05) is 23.8 Å². The fourth-order valence-electron chi connectivity index (χ4n) is 1.72. The zero-order valence-electron chi connectivity index (χ0n) is 9.40. The van der Waals surface area contributed by atoms with Crippen LogP contribution in [0.15, 0.2) is 30.6 Å². The summed E-state index contributed by atoms with van der Waals surface area (Å²) in [6, 6.07) is 5.11. The van der Waals surface area contributed by atoms with Gasteiger partial charge in [0.05, 0.1) is 16.1 Å². The zero-order valence-corrected chi connectivity index (χ0v) is 10.9. The van der Waals surface area contributed by atoms with Crippen molar-refractivity contribution in [3.63, 3.8) is 0 Å². The number of nitrogens with zero attached hydrogens (tertiary/aromatic N) is 2. The highest BCUT2D eigenvalue weighted by atomic mass is 35.5. The van der Waals surface area contributed by atoms with Crippen molar-refractivity contribution < 1.29 is 0 Å². The second kappa shape index (κ2) is 5.08. The van der Waals surface area contributed by atoms with Gasteiger partial charge in [-0.3, -0.25) is 0 Å². The summed E-state index contributed by atoms with van der Waals surface area (Å²) in [6.45, 7) is 2.89. The molecule has 0 saturated carbocycles. The molecule has 2 aromatic rings. The molecule has 1 atom stereocenters. The summed E-state index contributed by atoms with van der Waals surface area (Å²) >= 11 is 11.9. The molecule has 1 aromatic carbocycles. The number of nitrogens with two attached hydrogens (primary N) is 1. The van der Waals surface area contributed by atoms with Crippen molar-refractivity contribution in [2.45, 2.75) is 19.5 Å². The van der Waals surface area contributed by atoms with E-state index in [0.717, 1.165) is 17.9 Å². The Bertz CT molecular complexity index is 522. The first kappa shape index (κ1) is 12.4. The second-order valence-electron chi connectivity index (χ2n) is 3.72. The molecule has 3 nitrogen and oxygen atoms in total. The van der Waals surface area contributed by atoms with E-state index in [-0.39, 0.29) is 6.04 Å². The maximum Gasteiger partial charge on any atom is 0.130 e. The molecule has 0 aliphatic carbocycles. The number of aryl methyl sites for hydroxylation is 1. The largest absolute Gasteiger partial charge is 0.334 e. The van der Waals surface area contributed by atoms with E-state index >= 15 is 0 Å². The predicted molar refractivity (Wildman–Crippen MR) is 70.4 cm³/mol. The maximum atomic E-state index is 6.17. The smallest absolute Gasteiger partial charge is 0.130 e. The maximum absolute atomic E-state index is 6.17. The van der Waals surface area contributed by atoms with Crippen LogP contribution in [-0.4, -0.2) is 9.55 Å². The van der Waals surface area contributed by atoms with Crippen molar-refractivity contribution in [1.82, 2.24) is 9.55 Å². The standard InChI is InChI=1S/C12H13Cl2N3/c1-2-17-6-5-16-12(17)11(15)8-3-4-9(13)10(14)7-8/h3-7,11H,2,15H2,1H3. The minimum absolute atomic E-state index is 0.292. The minimum Gasteiger partial charge on any atom is -0.334 e. The molecule has 90 valence electrons. The highest BCUT2D eigenvalue weighted by molar-refractivity contribution is 6.42. The summed E-state index contributed by atoms with van der Waals surface area (Å²) in [5, 5.41) is 1.04. The van der Waals surface area contributed by atoms with E-state index in [2.05, 4.69) is 4.98 Å². The van der Waals surface area contributed by atoms with Gasteiger partial charge in [0.15, 0.2) is 0 Å². The predicted octanol–water partition coefficient (Wildman–Crippen LogP) is 3.26. The summed E-state index contributed by atoms with van der Waals surface area (Å²) in [5.74, 6) is 0.825. The van der Waals surface area contributed by atoms with Crippen molar-refractivity contribution in [3.8, 4) is 0 Å². The van der Waals surface area contributed by atoms with E-state index in [1.165, 1.54) is 0 Å². The van der Waals surface area contributed by atoms with Crippen LogP contribution >= 0.6 is 23.2 Å². The average molecular weight is 270 g/mol. The topological polar surface area (TPSA) is 43.8 Å². The number of rotatable bonds is 3. The molecule has 2 rings (SSSR count). The lowest BCUT2D eigenvalue weighted by molar-refractivity contribution is 0.656. The fourth-order valence-corrected chi connectivity index (χ4v) is 2.03. The number of imidazole rings is 1. The van der Waals surface area contributed by atoms with Gasteiger partial charge in [0.2, 0.25) is 0 Å². The van der Waals surface area contributed by atoms with Crippen molar-refractivity contribution in [2.24, 2.45) is 5.73 Å². The molecule has 2 N–H and O–H groups in total. The number of hydrogen-bond donors (Lipinski definition) is 1. The quantitative estimate of drug-likeness (QED) is 0.930. The van der Waals surface area contributed by atoms with Crippen molar-refractivity contribution in [3.05, 3.63) is 52.0 Å². The Morgan fingerprint density at radius 3 is 2.76 bits per heavy atom. The van der Waals surface area contributed by atoms with E-state index in [0.29, 0.717) is 10.0 Å². The third-order valence-corrected chi connectivity index (χ3v) is 3.41. The number of aromatic nitrogens is 2. The van der Waals surface area contributed by atoms with Gasteiger partial charge in [0.1, 0.15) is 5.82 Å². The van der Waals surface area contributed by atoms with Gasteiger partial charge in [-0.25, -0.2) is 4.98 Å². The Hall–Kier alpha value is -1.03. The lowest BCUT2D eigenvalue weighted by atomic mass is 10.1. The molecular weight excluding hydrogens is 257 g/mol. The summed E-state index contributed by atoms with van der Waals surface area (Å²) in [5.41, 5.74) is 7.07. The average Bonchev–Trinajstić information content (AvgIpc) is 2.80. The van der Waals surface area contributed by atoms with E-state index in [9.17, 15) is 0 Å². The van der Waals surface area contributed by atoms with Gasteiger partial charge in [0, 0.05) is 18.9 Å². The number of benzene rings is 1. The van der Waals surface area contributed by atoms with Crippen LogP contribution in [0, 0.1) is 0 Å². The lowest BCUT2D eigenvalue weighted by Gasteiger charge is -2.14. The van der Waals surface area contributed by atoms with Crippen molar-refractivity contribution >= 4 is 23.2 Å². The molecule has 0 saturated heterocycles. The molecule has 1 unspecified atom stereocenters. The van der Waals surface area contributed by atoms with Crippen molar-refractivity contribution in [1.29, 1.82) is 0 Å². The van der Waals surface area contributed by atoms with Crippen LogP contribution in [0.4, 0.5) is 0 Å². The first-order chi connectivity index (χ1) is 8.13. The Balaban J connectivity index is 2.36. The monoisotopic (exact) mass is 269 g/mol. The number of hydrogen-bond acceptors (Lipinski definition) is 2. The Labute approximate surface area is 110 Å². The number of halogens is 2. The van der Waals surface area contributed by atoms with Crippen LogP contribution in [0.2, 0.25) is 10.0 Å². The molecule has 0 fully saturated rings. The molecule has 0 aliphatic rings. The molecule has 0 aliphatic heterocycles. The van der Waals surface area contributed by atoms with Crippen LogP contribution in [0.25, 0.3) is 0 Å². The van der Waals surface area contributed by atoms with Crippen LogP contribution in [-0.2, 0) is 6.54 Å². The lowest BCUT2D eigenvalue weighted by Crippen LogP contribution is -2.17. The second-order valence-corrected chi connectivity index (χ2v) is 4.54. The SMILES string of the molecule is CCn1ccnc1C(N)c1ccc(Cl)c(Cl)c1. The molecular formula is C12H13Cl2N3. The molecule has 0 spiro atoms. The van der Waals surface area contributed by atoms with Crippen molar-refractivity contribution in [2.75, 3.05) is 0 Å². The van der Waals surface area contributed by atoms with Gasteiger partial charge >= 0.3 is 0 Å². The molecule has 5 heteroatoms. The van der Waals surface area contributed by atoms with E-state index < -0.39 is 0 Å². The Morgan fingerprint density at radius 2 is 2.12 bits per heavy atom. The van der Waals surface area contributed by atoms with Gasteiger partial charge in [-0.2, -0.15) is 0 Å². The normalized spacial score (nSPS) is 12.7. The molecule has 0 bridgehead atoms. The molecule has 1 aromatic heterocycles. The van der Waals surface area contributed by atoms with E-state index in [4.69, 9.17) is 28.9 Å². The van der Waals surface area contributed by atoms with E-state index in [1.54, 1.807) is 18.3 Å². The molecule has 0 amide bonds. The highest BCUT2D eigenvalue weighted by Gasteiger charge is 2.15. The Kier molecular flexibility index (Phi) is 3.72. The van der Waals surface area contributed by atoms with Crippen LogP contribution < -0.4 is 5.73 Å². The first-order valence-electron chi connectivity index (χ1n) is 5.35. The first-order valence-corrected chi connectivity index (χ1v) is 6.10. The third kappa shape index (κ3) is 2.46. The summed E-state index contributed by atoms with van der Waals surface area (Å²) in [6.07, 6.45) is 3.66. The fraction of sp³-hybridized carbons (Fsp3) is 0.250. The van der Waals surface area contributed by atoms with Gasteiger partial charge in [-0.1, -0.05) is 29.3 Å². The zero-order chi connectivity index (χ0) is 12.4. The molecule has 17 heavy (non-hydrogen) atoms. The van der Waals surface area contributed by atoms with Gasteiger partial charge < -0.3 is 10.3 Å². The molecule has 1 heterocycles. The highest BCUT2D eigenvalue weighted by Crippen LogP contribution is 2.27. The van der Waals surface area contributed by atoms with Gasteiger partial charge in [-0.05, 0) is 24.6 Å². The summed E-state index contributed by atoms with van der Waals surface area (Å²) < 4.78 is 2.01. The summed E-state index contributed by atoms with van der Waals surface area (Å²) in [7, 11) is 0. The summed E-state index contributed by atoms with van der Waals surface area (Å²) in [4.78, 5) is 4.28. The van der Waals surface area contributed by atoms with Crippen LogP contribution in [0.1, 0.15) is 24.4 Å². The minimum atomic E-state index is -0.292. The third-order valence-electron chi connectivity index (χ3n) is 2.67. The van der Waals surface area contributed by atoms with Crippen LogP contribution in [0.5, 0.6) is 0 Å². The van der Waals surface area contributed by atoms with Gasteiger partial charge in [-0.15, -0.1) is 0 Å². The molecule has 0 radical (unpaired) electrons.